The Kier molecular flexibility index (Phi) is 4.01. The minimum Gasteiger partial charge on any atom is -0.466 e. The minimum absolute atomic E-state index is 0.0360. The molecule has 1 fully saturated rings. The van der Waals surface area contributed by atoms with Gasteiger partial charge in [0.15, 0.2) is 0 Å². The molecule has 0 aliphatic carbocycles. The van der Waals surface area contributed by atoms with Crippen molar-refractivity contribution in [1.82, 2.24) is 0 Å². The third-order valence-corrected chi connectivity index (χ3v) is 3.36. The molecule has 4 nitrogen and oxygen atoms in total. The zero-order valence-electron chi connectivity index (χ0n) is 10.1. The van der Waals surface area contributed by atoms with Gasteiger partial charge in [0.2, 0.25) is 5.91 Å². The number of rotatable bonds is 3. The maximum atomic E-state index is 11.9. The van der Waals surface area contributed by atoms with E-state index in [2.05, 4.69) is 15.9 Å². The molecule has 18 heavy (non-hydrogen) atoms. The molecule has 5 heteroatoms. The molecular formula is C13H14BrNO3. The van der Waals surface area contributed by atoms with Gasteiger partial charge >= 0.3 is 5.97 Å². The van der Waals surface area contributed by atoms with Crippen molar-refractivity contribution < 1.29 is 14.3 Å². The van der Waals surface area contributed by atoms with Crippen molar-refractivity contribution in [3.8, 4) is 0 Å². The monoisotopic (exact) mass is 311 g/mol. The van der Waals surface area contributed by atoms with Crippen molar-refractivity contribution in [2.75, 3.05) is 18.1 Å². The van der Waals surface area contributed by atoms with E-state index in [1.54, 1.807) is 11.8 Å². The highest BCUT2D eigenvalue weighted by Crippen LogP contribution is 2.27. The summed E-state index contributed by atoms with van der Waals surface area (Å²) in [5.74, 6) is -0.675. The first-order valence-electron chi connectivity index (χ1n) is 5.84. The van der Waals surface area contributed by atoms with E-state index < -0.39 is 0 Å². The summed E-state index contributed by atoms with van der Waals surface area (Å²) in [6.07, 6.45) is 0.228. The molecule has 0 N–H and O–H groups in total. The first kappa shape index (κ1) is 13.1. The molecule has 96 valence electrons. The van der Waals surface area contributed by atoms with Gasteiger partial charge in [-0.15, -0.1) is 0 Å². The molecule has 0 spiro atoms. The maximum absolute atomic E-state index is 11.9. The SMILES string of the molecule is CCOC(=O)[C@H]1CC(=O)N(c2cccc(Br)c2)C1. The number of carbonyl (C=O) groups is 2. The Balaban J connectivity index is 2.12. The van der Waals surface area contributed by atoms with Gasteiger partial charge in [-0.1, -0.05) is 22.0 Å². The number of hydrogen-bond acceptors (Lipinski definition) is 3. The van der Waals surface area contributed by atoms with Gasteiger partial charge in [0, 0.05) is 23.1 Å². The average Bonchev–Trinajstić information content (AvgIpc) is 2.72. The molecular weight excluding hydrogens is 298 g/mol. The normalized spacial score (nSPS) is 19.1. The Morgan fingerprint density at radius 1 is 1.56 bits per heavy atom. The highest BCUT2D eigenvalue weighted by molar-refractivity contribution is 9.10. The molecule has 0 radical (unpaired) electrons. The lowest BCUT2D eigenvalue weighted by Crippen LogP contribution is -2.26. The van der Waals surface area contributed by atoms with Crippen LogP contribution in [0.15, 0.2) is 28.7 Å². The zero-order chi connectivity index (χ0) is 13.1. The molecule has 1 saturated heterocycles. The Morgan fingerprint density at radius 2 is 2.33 bits per heavy atom. The van der Waals surface area contributed by atoms with Crippen molar-refractivity contribution >= 4 is 33.5 Å². The summed E-state index contributed by atoms with van der Waals surface area (Å²) < 4.78 is 5.86. The van der Waals surface area contributed by atoms with E-state index in [0.29, 0.717) is 13.2 Å². The van der Waals surface area contributed by atoms with Crippen molar-refractivity contribution in [3.63, 3.8) is 0 Å². The van der Waals surface area contributed by atoms with E-state index in [1.807, 2.05) is 24.3 Å². The van der Waals surface area contributed by atoms with Crippen LogP contribution in [0.3, 0.4) is 0 Å². The van der Waals surface area contributed by atoms with Gasteiger partial charge in [-0.05, 0) is 25.1 Å². The molecule has 1 aliphatic heterocycles. The Bertz CT molecular complexity index is 475. The van der Waals surface area contributed by atoms with Crippen LogP contribution in [0.1, 0.15) is 13.3 Å². The molecule has 1 aromatic rings. The number of benzene rings is 1. The zero-order valence-corrected chi connectivity index (χ0v) is 11.6. The van der Waals surface area contributed by atoms with Crippen LogP contribution in [0.2, 0.25) is 0 Å². The molecule has 0 saturated carbocycles. The van der Waals surface area contributed by atoms with Crippen molar-refractivity contribution in [2.45, 2.75) is 13.3 Å². The summed E-state index contributed by atoms with van der Waals surface area (Å²) in [7, 11) is 0. The predicted molar refractivity (Wildman–Crippen MR) is 71.2 cm³/mol. The first-order chi connectivity index (χ1) is 8.61. The standard InChI is InChI=1S/C13H14BrNO3/c1-2-18-13(17)9-6-12(16)15(8-9)11-5-3-4-10(14)7-11/h3-5,7,9H,2,6,8H2,1H3/t9-/m0/s1. The van der Waals surface area contributed by atoms with Crippen LogP contribution in [-0.2, 0) is 14.3 Å². The summed E-state index contributed by atoms with van der Waals surface area (Å²) >= 11 is 3.37. The average molecular weight is 312 g/mol. The van der Waals surface area contributed by atoms with E-state index in [9.17, 15) is 9.59 Å². The number of nitrogens with zero attached hydrogens (tertiary/aromatic N) is 1. The van der Waals surface area contributed by atoms with Gasteiger partial charge in [-0.25, -0.2) is 0 Å². The smallest absolute Gasteiger partial charge is 0.311 e. The minimum atomic E-state index is -0.351. The molecule has 1 heterocycles. The topological polar surface area (TPSA) is 46.6 Å². The summed E-state index contributed by atoms with van der Waals surface area (Å²) in [5, 5.41) is 0. The van der Waals surface area contributed by atoms with Gasteiger partial charge in [0.05, 0.1) is 12.5 Å². The second kappa shape index (κ2) is 5.52. The second-order valence-electron chi connectivity index (χ2n) is 4.14. The third kappa shape index (κ3) is 2.72. The molecule has 2 rings (SSSR count). The van der Waals surface area contributed by atoms with Gasteiger partial charge in [0.1, 0.15) is 0 Å². The fraction of sp³-hybridized carbons (Fsp3) is 0.385. The van der Waals surface area contributed by atoms with Crippen molar-refractivity contribution in [3.05, 3.63) is 28.7 Å². The lowest BCUT2D eigenvalue weighted by atomic mass is 10.1. The van der Waals surface area contributed by atoms with Crippen LogP contribution in [0.5, 0.6) is 0 Å². The molecule has 1 aliphatic rings. The van der Waals surface area contributed by atoms with Crippen molar-refractivity contribution in [1.29, 1.82) is 0 Å². The summed E-state index contributed by atoms with van der Waals surface area (Å²) in [6, 6.07) is 7.49. The van der Waals surface area contributed by atoms with Gasteiger partial charge in [0.25, 0.3) is 0 Å². The maximum Gasteiger partial charge on any atom is 0.311 e. The third-order valence-electron chi connectivity index (χ3n) is 2.86. The largest absolute Gasteiger partial charge is 0.466 e. The van der Waals surface area contributed by atoms with Crippen LogP contribution >= 0.6 is 15.9 Å². The van der Waals surface area contributed by atoms with E-state index in [-0.39, 0.29) is 24.2 Å². The van der Waals surface area contributed by atoms with E-state index in [4.69, 9.17) is 4.74 Å². The van der Waals surface area contributed by atoms with Crippen LogP contribution in [0, 0.1) is 5.92 Å². The van der Waals surface area contributed by atoms with Crippen LogP contribution in [0.4, 0.5) is 5.69 Å². The first-order valence-corrected chi connectivity index (χ1v) is 6.63. The molecule has 0 unspecified atom stereocenters. The summed E-state index contributed by atoms with van der Waals surface area (Å²) in [4.78, 5) is 25.2. The number of ether oxygens (including phenoxy) is 1. The summed E-state index contributed by atoms with van der Waals surface area (Å²) in [6.45, 7) is 2.51. The lowest BCUT2D eigenvalue weighted by molar-refractivity contribution is -0.147. The molecule has 0 bridgehead atoms. The number of hydrogen-bond donors (Lipinski definition) is 0. The van der Waals surface area contributed by atoms with Crippen LogP contribution < -0.4 is 4.90 Å². The molecule has 1 atom stereocenters. The van der Waals surface area contributed by atoms with Crippen molar-refractivity contribution in [2.24, 2.45) is 5.92 Å². The number of anilines is 1. The lowest BCUT2D eigenvalue weighted by Gasteiger charge is -2.16. The van der Waals surface area contributed by atoms with E-state index in [1.165, 1.54) is 0 Å². The highest BCUT2D eigenvalue weighted by atomic mass is 79.9. The van der Waals surface area contributed by atoms with Crippen LogP contribution in [0.25, 0.3) is 0 Å². The number of esters is 1. The van der Waals surface area contributed by atoms with Gasteiger partial charge in [-0.2, -0.15) is 0 Å². The number of carbonyl (C=O) groups excluding carboxylic acids is 2. The second-order valence-corrected chi connectivity index (χ2v) is 5.05. The Hall–Kier alpha value is -1.36. The number of amides is 1. The fourth-order valence-electron chi connectivity index (χ4n) is 2.02. The Labute approximate surface area is 114 Å². The fourth-order valence-corrected chi connectivity index (χ4v) is 2.41. The predicted octanol–water partition coefficient (Wildman–Crippen LogP) is 2.37. The Morgan fingerprint density at radius 3 is 3.00 bits per heavy atom. The van der Waals surface area contributed by atoms with E-state index in [0.717, 1.165) is 10.2 Å². The van der Waals surface area contributed by atoms with Crippen LogP contribution in [-0.4, -0.2) is 25.0 Å². The molecule has 0 aromatic heterocycles. The van der Waals surface area contributed by atoms with E-state index >= 15 is 0 Å². The quantitative estimate of drug-likeness (QED) is 0.805. The summed E-state index contributed by atoms with van der Waals surface area (Å²) in [5.41, 5.74) is 0.807. The highest BCUT2D eigenvalue weighted by Gasteiger charge is 2.35. The van der Waals surface area contributed by atoms with Gasteiger partial charge in [-0.3, -0.25) is 9.59 Å². The molecule has 1 aromatic carbocycles. The van der Waals surface area contributed by atoms with Gasteiger partial charge < -0.3 is 9.64 Å². The molecule has 1 amide bonds. The number of halogens is 1.